The van der Waals surface area contributed by atoms with Crippen LogP contribution >= 0.6 is 0 Å². The molecule has 0 rings (SSSR count). The molecule has 4 nitrogen and oxygen atoms in total. The molecule has 0 aromatic heterocycles. The lowest BCUT2D eigenvalue weighted by Gasteiger charge is -2.27. The summed E-state index contributed by atoms with van der Waals surface area (Å²) in [5.74, 6) is -1.24. The van der Waals surface area contributed by atoms with Crippen molar-refractivity contribution in [1.29, 1.82) is 0 Å². The molecule has 3 atom stereocenters. The van der Waals surface area contributed by atoms with Gasteiger partial charge in [0.15, 0.2) is 5.54 Å². The number of rotatable bonds is 4. The van der Waals surface area contributed by atoms with Crippen molar-refractivity contribution >= 4 is 16.7 Å². The molecule has 8 heteroatoms. The van der Waals surface area contributed by atoms with E-state index in [0.29, 0.717) is 6.92 Å². The third kappa shape index (κ3) is 4.09. The molecule has 0 saturated heterocycles. The number of nitrogens with one attached hydrogen (secondary N) is 1. The zero-order valence-electron chi connectivity index (χ0n) is 9.22. The second kappa shape index (κ2) is 5.13. The summed E-state index contributed by atoms with van der Waals surface area (Å²) < 4.78 is 47.8. The number of carbonyl (C=O) groups is 1. The maximum atomic E-state index is 12.4. The highest BCUT2D eigenvalue weighted by Crippen LogP contribution is 2.27. The van der Waals surface area contributed by atoms with Crippen LogP contribution in [0.1, 0.15) is 13.8 Å². The van der Waals surface area contributed by atoms with Crippen LogP contribution in [0.4, 0.5) is 13.2 Å². The third-order valence-electron chi connectivity index (χ3n) is 1.92. The third-order valence-corrected chi connectivity index (χ3v) is 2.89. The summed E-state index contributed by atoms with van der Waals surface area (Å²) in [6, 6.07) is -0.622. The first-order valence-corrected chi connectivity index (χ1v) is 6.17. The first kappa shape index (κ1) is 15.4. The van der Waals surface area contributed by atoms with E-state index in [-0.39, 0.29) is 5.75 Å². The number of alkyl halides is 3. The summed E-state index contributed by atoms with van der Waals surface area (Å²) >= 11 is 0. The molecule has 3 N–H and O–H groups in total. The van der Waals surface area contributed by atoms with Crippen LogP contribution in [0.15, 0.2) is 0 Å². The summed E-state index contributed by atoms with van der Waals surface area (Å²) in [4.78, 5) is 11.2. The lowest BCUT2D eigenvalue weighted by Crippen LogP contribution is -2.62. The quantitative estimate of drug-likeness (QED) is 0.755. The van der Waals surface area contributed by atoms with Gasteiger partial charge in [-0.25, -0.2) is 0 Å². The molecule has 16 heavy (non-hydrogen) atoms. The lowest BCUT2D eigenvalue weighted by molar-refractivity contribution is -0.187. The fourth-order valence-electron chi connectivity index (χ4n) is 0.896. The van der Waals surface area contributed by atoms with Gasteiger partial charge in [-0.05, 0) is 13.8 Å². The van der Waals surface area contributed by atoms with Crippen LogP contribution in [0, 0.1) is 0 Å². The maximum Gasteiger partial charge on any atom is 0.415 e. The van der Waals surface area contributed by atoms with Crippen molar-refractivity contribution in [2.45, 2.75) is 31.6 Å². The van der Waals surface area contributed by atoms with Crippen LogP contribution in [-0.2, 0) is 15.6 Å². The minimum Gasteiger partial charge on any atom is -0.351 e. The number of hydrogen-bond donors (Lipinski definition) is 2. The number of nitrogens with two attached hydrogens (primary N) is 1. The van der Waals surface area contributed by atoms with Gasteiger partial charge >= 0.3 is 6.18 Å². The topological polar surface area (TPSA) is 72.2 Å². The van der Waals surface area contributed by atoms with Gasteiger partial charge in [-0.2, -0.15) is 13.2 Å². The summed E-state index contributed by atoms with van der Waals surface area (Å²) in [5.41, 5.74) is 1.97. The SMILES string of the molecule is CC(CS(C)=O)NC(=O)C(C)(N)C(F)(F)F. The first-order chi connectivity index (χ1) is 6.98. The Morgan fingerprint density at radius 1 is 1.50 bits per heavy atom. The van der Waals surface area contributed by atoms with Gasteiger partial charge in [-0.15, -0.1) is 0 Å². The summed E-state index contributed by atoms with van der Waals surface area (Å²) in [6.45, 7) is 2.06. The Morgan fingerprint density at radius 3 is 2.25 bits per heavy atom. The zero-order valence-corrected chi connectivity index (χ0v) is 10.0. The summed E-state index contributed by atoms with van der Waals surface area (Å²) in [7, 11) is -1.20. The predicted octanol–water partition coefficient (Wildman–Crippen LogP) is 0.149. The van der Waals surface area contributed by atoms with Crippen LogP contribution in [0.2, 0.25) is 0 Å². The van der Waals surface area contributed by atoms with Gasteiger partial charge in [0.2, 0.25) is 5.91 Å². The standard InChI is InChI=1S/C8H15F3N2O2S/c1-5(4-16(3)15)13-6(14)7(2,12)8(9,10)11/h5H,4,12H2,1-3H3,(H,13,14). The molecule has 0 aliphatic carbocycles. The molecule has 0 spiro atoms. The van der Waals surface area contributed by atoms with Crippen molar-refractivity contribution in [2.24, 2.45) is 5.73 Å². The monoisotopic (exact) mass is 260 g/mol. The van der Waals surface area contributed by atoms with E-state index >= 15 is 0 Å². The zero-order chi connectivity index (χ0) is 13.1. The predicted molar refractivity (Wildman–Crippen MR) is 55.2 cm³/mol. The molecule has 0 fully saturated rings. The fourth-order valence-corrected chi connectivity index (χ4v) is 1.68. The van der Waals surface area contributed by atoms with Gasteiger partial charge < -0.3 is 11.1 Å². The fraction of sp³-hybridized carbons (Fsp3) is 0.875. The van der Waals surface area contributed by atoms with E-state index in [1.54, 1.807) is 0 Å². The van der Waals surface area contributed by atoms with E-state index in [1.807, 2.05) is 0 Å². The van der Waals surface area contributed by atoms with Crippen molar-refractivity contribution in [1.82, 2.24) is 5.32 Å². The normalized spacial score (nSPS) is 19.7. The molecule has 0 radical (unpaired) electrons. The molecule has 0 aliphatic rings. The highest BCUT2D eigenvalue weighted by atomic mass is 32.2. The van der Waals surface area contributed by atoms with Crippen LogP contribution in [0.5, 0.6) is 0 Å². The molecule has 0 aliphatic heterocycles. The van der Waals surface area contributed by atoms with Crippen molar-refractivity contribution in [3.63, 3.8) is 0 Å². The number of hydrogen-bond acceptors (Lipinski definition) is 3. The van der Waals surface area contributed by atoms with Gasteiger partial charge in [0, 0.05) is 28.9 Å². The molecule has 96 valence electrons. The average Bonchev–Trinajstić information content (AvgIpc) is 1.99. The molecule has 3 unspecified atom stereocenters. The second-order valence-electron chi connectivity index (χ2n) is 3.81. The highest BCUT2D eigenvalue weighted by Gasteiger charge is 2.54. The highest BCUT2D eigenvalue weighted by molar-refractivity contribution is 7.84. The molecule has 0 saturated carbocycles. The molecule has 1 amide bonds. The Kier molecular flexibility index (Phi) is 4.93. The van der Waals surface area contributed by atoms with Crippen molar-refractivity contribution in [3.05, 3.63) is 0 Å². The maximum absolute atomic E-state index is 12.4. The Balaban J connectivity index is 4.53. The van der Waals surface area contributed by atoms with E-state index in [0.717, 1.165) is 0 Å². The van der Waals surface area contributed by atoms with E-state index in [4.69, 9.17) is 5.73 Å². The van der Waals surface area contributed by atoms with E-state index in [9.17, 15) is 22.2 Å². The lowest BCUT2D eigenvalue weighted by atomic mass is 10.0. The number of halogens is 3. The minimum atomic E-state index is -4.82. The Bertz CT molecular complexity index is 291. The Labute approximate surface area is 94.2 Å². The van der Waals surface area contributed by atoms with Gasteiger partial charge in [-0.1, -0.05) is 0 Å². The average molecular weight is 260 g/mol. The van der Waals surface area contributed by atoms with Crippen LogP contribution in [-0.4, -0.2) is 39.9 Å². The Morgan fingerprint density at radius 2 is 1.94 bits per heavy atom. The Hall–Kier alpha value is -0.630. The molecule has 0 aromatic carbocycles. The largest absolute Gasteiger partial charge is 0.415 e. The van der Waals surface area contributed by atoms with Crippen molar-refractivity contribution in [2.75, 3.05) is 12.0 Å². The van der Waals surface area contributed by atoms with Crippen molar-refractivity contribution < 1.29 is 22.2 Å². The van der Waals surface area contributed by atoms with Gasteiger partial charge in [0.1, 0.15) is 0 Å². The van der Waals surface area contributed by atoms with Crippen molar-refractivity contribution in [3.8, 4) is 0 Å². The smallest absolute Gasteiger partial charge is 0.351 e. The summed E-state index contributed by atoms with van der Waals surface area (Å²) in [5, 5.41) is 2.08. The molecular formula is C8H15F3N2O2S. The number of amides is 1. The molecule has 0 aromatic rings. The van der Waals surface area contributed by atoms with E-state index in [1.165, 1.54) is 13.2 Å². The van der Waals surface area contributed by atoms with Gasteiger partial charge in [0.05, 0.1) is 0 Å². The minimum absolute atomic E-state index is 0.0830. The van der Waals surface area contributed by atoms with Crippen LogP contribution in [0.3, 0.4) is 0 Å². The first-order valence-electron chi connectivity index (χ1n) is 4.45. The van der Waals surface area contributed by atoms with Crippen LogP contribution in [0.25, 0.3) is 0 Å². The van der Waals surface area contributed by atoms with E-state index < -0.39 is 34.5 Å². The number of carbonyl (C=O) groups excluding carboxylic acids is 1. The summed E-state index contributed by atoms with van der Waals surface area (Å²) in [6.07, 6.45) is -3.42. The molecule has 0 bridgehead atoms. The van der Waals surface area contributed by atoms with Gasteiger partial charge in [0.25, 0.3) is 0 Å². The van der Waals surface area contributed by atoms with Crippen LogP contribution < -0.4 is 11.1 Å². The second-order valence-corrected chi connectivity index (χ2v) is 5.29. The molecule has 0 heterocycles. The van der Waals surface area contributed by atoms with Gasteiger partial charge in [-0.3, -0.25) is 9.00 Å². The molecular weight excluding hydrogens is 245 g/mol. The van der Waals surface area contributed by atoms with E-state index in [2.05, 4.69) is 5.32 Å².